The zero-order chi connectivity index (χ0) is 17.3. The summed E-state index contributed by atoms with van der Waals surface area (Å²) in [5.41, 5.74) is 1.81. The Balaban J connectivity index is 1.99. The summed E-state index contributed by atoms with van der Waals surface area (Å²) >= 11 is 6.07. The Morgan fingerprint density at radius 3 is 2.58 bits per heavy atom. The Hall–Kier alpha value is -2.79. The number of hydrogen-bond donors (Lipinski definition) is 1. The summed E-state index contributed by atoms with van der Waals surface area (Å²) in [6.45, 7) is 0. The van der Waals surface area contributed by atoms with Gasteiger partial charge in [0.15, 0.2) is 17.3 Å². The van der Waals surface area contributed by atoms with Gasteiger partial charge < -0.3 is 14.8 Å². The zero-order valence-electron chi connectivity index (χ0n) is 13.1. The van der Waals surface area contributed by atoms with Gasteiger partial charge in [-0.1, -0.05) is 23.7 Å². The number of para-hydroxylation sites is 1. The summed E-state index contributed by atoms with van der Waals surface area (Å²) in [5, 5.41) is 3.11. The third kappa shape index (κ3) is 2.74. The first-order chi connectivity index (χ1) is 11.5. The minimum Gasteiger partial charge on any atom is -0.493 e. The van der Waals surface area contributed by atoms with Gasteiger partial charge in [0.05, 0.1) is 30.5 Å². The van der Waals surface area contributed by atoms with Gasteiger partial charge in [-0.3, -0.25) is 9.59 Å². The van der Waals surface area contributed by atoms with Crippen LogP contribution in [0.3, 0.4) is 0 Å². The van der Waals surface area contributed by atoms with E-state index in [9.17, 15) is 9.59 Å². The molecule has 24 heavy (non-hydrogen) atoms. The smallest absolute Gasteiger partial charge is 0.256 e. The van der Waals surface area contributed by atoms with Gasteiger partial charge in [-0.05, 0) is 30.3 Å². The lowest BCUT2D eigenvalue weighted by molar-refractivity contribution is -0.110. The van der Waals surface area contributed by atoms with Crippen molar-refractivity contribution in [2.24, 2.45) is 0 Å². The van der Waals surface area contributed by atoms with Gasteiger partial charge in [-0.25, -0.2) is 0 Å². The molecule has 0 saturated heterocycles. The second-order valence-corrected chi connectivity index (χ2v) is 5.52. The fourth-order valence-corrected chi connectivity index (χ4v) is 2.75. The Kier molecular flexibility index (Phi) is 4.27. The van der Waals surface area contributed by atoms with Crippen LogP contribution in [-0.4, -0.2) is 25.9 Å². The third-order valence-corrected chi connectivity index (χ3v) is 4.05. The van der Waals surface area contributed by atoms with Gasteiger partial charge >= 0.3 is 0 Å². The summed E-state index contributed by atoms with van der Waals surface area (Å²) < 4.78 is 10.3. The van der Waals surface area contributed by atoms with Gasteiger partial charge in [-0.15, -0.1) is 0 Å². The largest absolute Gasteiger partial charge is 0.493 e. The fraction of sp³-hybridized carbons (Fsp3) is 0.111. The molecule has 0 unspecified atom stereocenters. The van der Waals surface area contributed by atoms with Crippen molar-refractivity contribution in [2.45, 2.75) is 0 Å². The fourth-order valence-electron chi connectivity index (χ4n) is 2.53. The van der Waals surface area contributed by atoms with Crippen LogP contribution in [0.5, 0.6) is 11.5 Å². The van der Waals surface area contributed by atoms with Crippen molar-refractivity contribution in [3.63, 3.8) is 0 Å². The van der Waals surface area contributed by atoms with E-state index in [1.165, 1.54) is 20.3 Å². The average Bonchev–Trinajstić information content (AvgIpc) is 2.91. The highest BCUT2D eigenvalue weighted by molar-refractivity contribution is 6.40. The highest BCUT2D eigenvalue weighted by Crippen LogP contribution is 2.37. The summed E-state index contributed by atoms with van der Waals surface area (Å²) in [5.74, 6) is 0.305. The number of hydrogen-bond acceptors (Lipinski definition) is 4. The van der Waals surface area contributed by atoms with Gasteiger partial charge in [0.25, 0.3) is 5.91 Å². The molecule has 6 heteroatoms. The quantitative estimate of drug-likeness (QED) is 0.680. The van der Waals surface area contributed by atoms with Gasteiger partial charge in [-0.2, -0.15) is 0 Å². The van der Waals surface area contributed by atoms with Crippen LogP contribution in [0.4, 0.5) is 5.69 Å². The molecule has 0 spiro atoms. The van der Waals surface area contributed by atoms with Crippen LogP contribution in [0.25, 0.3) is 5.57 Å². The number of rotatable bonds is 4. The van der Waals surface area contributed by atoms with Crippen molar-refractivity contribution in [1.29, 1.82) is 0 Å². The van der Waals surface area contributed by atoms with Crippen LogP contribution < -0.4 is 14.8 Å². The molecule has 0 aromatic heterocycles. The molecule has 1 heterocycles. The van der Waals surface area contributed by atoms with Crippen molar-refractivity contribution in [3.8, 4) is 11.5 Å². The molecule has 0 bridgehead atoms. The van der Waals surface area contributed by atoms with Crippen LogP contribution >= 0.6 is 11.6 Å². The van der Waals surface area contributed by atoms with Crippen LogP contribution in [0.1, 0.15) is 15.9 Å². The topological polar surface area (TPSA) is 64.6 Å². The highest BCUT2D eigenvalue weighted by atomic mass is 35.5. The molecule has 1 aliphatic heterocycles. The van der Waals surface area contributed by atoms with E-state index in [1.54, 1.807) is 36.4 Å². The van der Waals surface area contributed by atoms with Crippen molar-refractivity contribution in [3.05, 3.63) is 58.6 Å². The number of methoxy groups -OCH3 is 2. The molecule has 122 valence electrons. The predicted molar refractivity (Wildman–Crippen MR) is 91.9 cm³/mol. The first kappa shape index (κ1) is 16.1. The number of nitrogens with one attached hydrogen (secondary N) is 1. The van der Waals surface area contributed by atoms with E-state index in [4.69, 9.17) is 21.1 Å². The molecular weight excluding hydrogens is 330 g/mol. The number of halogens is 1. The van der Waals surface area contributed by atoms with E-state index in [0.717, 1.165) is 0 Å². The number of benzene rings is 2. The second kappa shape index (κ2) is 6.37. The number of fused-ring (bicyclic) bond motifs is 1. The Morgan fingerprint density at radius 2 is 1.88 bits per heavy atom. The van der Waals surface area contributed by atoms with Crippen molar-refractivity contribution in [1.82, 2.24) is 0 Å². The Bertz CT molecular complexity index is 873. The van der Waals surface area contributed by atoms with Crippen LogP contribution in [0, 0.1) is 0 Å². The Morgan fingerprint density at radius 1 is 1.12 bits per heavy atom. The average molecular weight is 344 g/mol. The van der Waals surface area contributed by atoms with Crippen molar-refractivity contribution in [2.75, 3.05) is 19.5 Å². The van der Waals surface area contributed by atoms with Gasteiger partial charge in [0.1, 0.15) is 0 Å². The number of allylic oxidation sites excluding steroid dienone is 1. The van der Waals surface area contributed by atoms with Crippen LogP contribution in [0.15, 0.2) is 42.5 Å². The summed E-state index contributed by atoms with van der Waals surface area (Å²) in [4.78, 5) is 24.7. The maximum atomic E-state index is 12.5. The minimum absolute atomic E-state index is 0.285. The molecule has 2 aromatic carbocycles. The Labute approximate surface area is 143 Å². The SMILES string of the molecule is COc1ccc(C(=O)C=C2C(=O)Nc3c(Cl)cccc32)cc1OC. The molecule has 0 fully saturated rings. The molecule has 5 nitrogen and oxygen atoms in total. The maximum absolute atomic E-state index is 12.5. The zero-order valence-corrected chi connectivity index (χ0v) is 13.8. The molecule has 1 N–H and O–H groups in total. The van der Waals surface area contributed by atoms with Crippen LogP contribution in [-0.2, 0) is 4.79 Å². The summed E-state index contributed by atoms with van der Waals surface area (Å²) in [7, 11) is 3.01. The lowest BCUT2D eigenvalue weighted by Gasteiger charge is -2.08. The van der Waals surface area contributed by atoms with Crippen molar-refractivity contribution < 1.29 is 19.1 Å². The summed E-state index contributed by atoms with van der Waals surface area (Å²) in [6.07, 6.45) is 1.30. The molecular formula is C18H14ClNO4. The minimum atomic E-state index is -0.355. The maximum Gasteiger partial charge on any atom is 0.256 e. The first-order valence-electron chi connectivity index (χ1n) is 7.13. The number of carbonyl (C=O) groups excluding carboxylic acids is 2. The first-order valence-corrected chi connectivity index (χ1v) is 7.51. The third-order valence-electron chi connectivity index (χ3n) is 3.73. The van der Waals surface area contributed by atoms with E-state index in [2.05, 4.69) is 5.32 Å². The number of amides is 1. The number of carbonyl (C=O) groups is 2. The molecule has 1 amide bonds. The van der Waals surface area contributed by atoms with Crippen LogP contribution in [0.2, 0.25) is 5.02 Å². The number of ketones is 1. The molecule has 0 saturated carbocycles. The molecule has 0 aliphatic carbocycles. The standard InChI is InChI=1S/C18H14ClNO4/c1-23-15-7-6-10(8-16(15)24-2)14(21)9-12-11-4-3-5-13(19)17(11)20-18(12)22/h3-9H,1-2H3,(H,20,22). The molecule has 0 radical (unpaired) electrons. The molecule has 2 aromatic rings. The monoisotopic (exact) mass is 343 g/mol. The predicted octanol–water partition coefficient (Wildman–Crippen LogP) is 3.58. The normalized spacial score (nSPS) is 14.3. The van der Waals surface area contributed by atoms with E-state index in [1.807, 2.05) is 0 Å². The molecule has 3 rings (SSSR count). The highest BCUT2D eigenvalue weighted by Gasteiger charge is 2.26. The van der Waals surface area contributed by atoms with Crippen molar-refractivity contribution >= 4 is 34.6 Å². The van der Waals surface area contributed by atoms with E-state index < -0.39 is 0 Å². The second-order valence-electron chi connectivity index (χ2n) is 5.11. The van der Waals surface area contributed by atoms with E-state index >= 15 is 0 Å². The lowest BCUT2D eigenvalue weighted by atomic mass is 10.0. The van der Waals surface area contributed by atoms with E-state index in [0.29, 0.717) is 33.3 Å². The van der Waals surface area contributed by atoms with Gasteiger partial charge in [0.2, 0.25) is 0 Å². The molecule has 0 atom stereocenters. The summed E-state index contributed by atoms with van der Waals surface area (Å²) in [6, 6.07) is 9.99. The number of anilines is 1. The lowest BCUT2D eigenvalue weighted by Crippen LogP contribution is -2.06. The van der Waals surface area contributed by atoms with E-state index in [-0.39, 0.29) is 17.3 Å². The van der Waals surface area contributed by atoms with Gasteiger partial charge in [0, 0.05) is 11.1 Å². The molecule has 1 aliphatic rings. The number of ether oxygens (including phenoxy) is 2.